The van der Waals surface area contributed by atoms with Gasteiger partial charge in [0.05, 0.1) is 12.7 Å². The van der Waals surface area contributed by atoms with Crippen molar-refractivity contribution >= 4 is 11.8 Å². The Morgan fingerprint density at radius 2 is 2.39 bits per heavy atom. The highest BCUT2D eigenvalue weighted by molar-refractivity contribution is 7.99. The predicted octanol–water partition coefficient (Wildman–Crippen LogP) is 2.23. The zero-order chi connectivity index (χ0) is 12.2. The van der Waals surface area contributed by atoms with Crippen LogP contribution >= 0.6 is 11.8 Å². The van der Waals surface area contributed by atoms with Crippen molar-refractivity contribution in [2.75, 3.05) is 31.2 Å². The molecule has 1 aromatic rings. The molecule has 2 unspecified atom stereocenters. The van der Waals surface area contributed by atoms with Crippen LogP contribution in [0.3, 0.4) is 0 Å². The van der Waals surface area contributed by atoms with Crippen LogP contribution in [0.5, 0.6) is 5.75 Å². The molecule has 0 saturated carbocycles. The molecule has 1 N–H and O–H groups in total. The number of benzene rings is 1. The standard InChI is InChI=1S/C14H19NO2S/c1-2-11(14-9-15-5-6-16-14)8-12(3-1)17-13-4-7-18-10-13/h1-3,8,13-15H,4-7,9-10H2. The summed E-state index contributed by atoms with van der Waals surface area (Å²) in [6.45, 7) is 2.63. The van der Waals surface area contributed by atoms with E-state index in [1.54, 1.807) is 0 Å². The molecule has 18 heavy (non-hydrogen) atoms. The van der Waals surface area contributed by atoms with Gasteiger partial charge in [0, 0.05) is 18.8 Å². The lowest BCUT2D eigenvalue weighted by molar-refractivity contribution is 0.0275. The minimum Gasteiger partial charge on any atom is -0.490 e. The summed E-state index contributed by atoms with van der Waals surface area (Å²) in [7, 11) is 0. The highest BCUT2D eigenvalue weighted by Gasteiger charge is 2.19. The maximum atomic E-state index is 6.01. The number of morpholine rings is 1. The topological polar surface area (TPSA) is 30.5 Å². The third-order valence-electron chi connectivity index (χ3n) is 3.35. The third-order valence-corrected chi connectivity index (χ3v) is 4.48. The normalized spacial score (nSPS) is 28.2. The molecule has 2 fully saturated rings. The maximum Gasteiger partial charge on any atom is 0.120 e. The number of hydrogen-bond donors (Lipinski definition) is 1. The highest BCUT2D eigenvalue weighted by atomic mass is 32.2. The van der Waals surface area contributed by atoms with Gasteiger partial charge in [-0.25, -0.2) is 0 Å². The first-order chi connectivity index (χ1) is 8.92. The van der Waals surface area contributed by atoms with Gasteiger partial charge in [0.25, 0.3) is 0 Å². The number of nitrogens with one attached hydrogen (secondary N) is 1. The zero-order valence-corrected chi connectivity index (χ0v) is 11.2. The van der Waals surface area contributed by atoms with Gasteiger partial charge < -0.3 is 14.8 Å². The average molecular weight is 265 g/mol. The molecule has 0 amide bonds. The molecule has 2 heterocycles. The molecule has 0 radical (unpaired) electrons. The van der Waals surface area contributed by atoms with E-state index in [2.05, 4.69) is 23.5 Å². The molecular formula is C14H19NO2S. The van der Waals surface area contributed by atoms with E-state index in [4.69, 9.17) is 9.47 Å². The summed E-state index contributed by atoms with van der Waals surface area (Å²) in [5.74, 6) is 3.32. The van der Waals surface area contributed by atoms with Crippen molar-refractivity contribution in [2.45, 2.75) is 18.6 Å². The summed E-state index contributed by atoms with van der Waals surface area (Å²) in [5.41, 5.74) is 1.21. The van der Waals surface area contributed by atoms with E-state index in [9.17, 15) is 0 Å². The van der Waals surface area contributed by atoms with Gasteiger partial charge in [0.1, 0.15) is 11.9 Å². The van der Waals surface area contributed by atoms with Crippen LogP contribution in [-0.2, 0) is 4.74 Å². The Balaban J connectivity index is 1.67. The maximum absolute atomic E-state index is 6.01. The van der Waals surface area contributed by atoms with Gasteiger partial charge in [0.2, 0.25) is 0 Å². The monoisotopic (exact) mass is 265 g/mol. The lowest BCUT2D eigenvalue weighted by Crippen LogP contribution is -2.33. The van der Waals surface area contributed by atoms with Gasteiger partial charge in [-0.1, -0.05) is 12.1 Å². The molecule has 2 aliphatic heterocycles. The summed E-state index contributed by atoms with van der Waals surface area (Å²) >= 11 is 1.97. The van der Waals surface area contributed by atoms with Crippen LogP contribution < -0.4 is 10.1 Å². The third kappa shape index (κ3) is 2.99. The van der Waals surface area contributed by atoms with Crippen molar-refractivity contribution in [1.29, 1.82) is 0 Å². The summed E-state index contributed by atoms with van der Waals surface area (Å²) in [6, 6.07) is 8.35. The quantitative estimate of drug-likeness (QED) is 0.908. The summed E-state index contributed by atoms with van der Waals surface area (Å²) in [4.78, 5) is 0. The first-order valence-corrected chi connectivity index (χ1v) is 7.74. The van der Waals surface area contributed by atoms with Gasteiger partial charge in [-0.15, -0.1) is 0 Å². The number of thioether (sulfide) groups is 1. The van der Waals surface area contributed by atoms with Crippen LogP contribution in [0.2, 0.25) is 0 Å². The average Bonchev–Trinajstić information content (AvgIpc) is 2.93. The van der Waals surface area contributed by atoms with Gasteiger partial charge in [-0.3, -0.25) is 0 Å². The van der Waals surface area contributed by atoms with Crippen molar-refractivity contribution in [3.63, 3.8) is 0 Å². The van der Waals surface area contributed by atoms with E-state index < -0.39 is 0 Å². The number of hydrogen-bond acceptors (Lipinski definition) is 4. The Morgan fingerprint density at radius 1 is 1.39 bits per heavy atom. The summed E-state index contributed by atoms with van der Waals surface area (Å²) in [5, 5.41) is 3.36. The smallest absolute Gasteiger partial charge is 0.120 e. The fourth-order valence-corrected chi connectivity index (χ4v) is 3.46. The number of rotatable bonds is 3. The second-order valence-corrected chi connectivity index (χ2v) is 5.89. The Labute approximate surface area is 112 Å². The van der Waals surface area contributed by atoms with Crippen LogP contribution in [-0.4, -0.2) is 37.3 Å². The Morgan fingerprint density at radius 3 is 3.17 bits per heavy atom. The first-order valence-electron chi connectivity index (χ1n) is 6.58. The largest absolute Gasteiger partial charge is 0.490 e. The molecule has 0 spiro atoms. The summed E-state index contributed by atoms with van der Waals surface area (Å²) in [6.07, 6.45) is 1.71. The van der Waals surface area contributed by atoms with Gasteiger partial charge in [0.15, 0.2) is 0 Å². The van der Waals surface area contributed by atoms with Crippen LogP contribution in [0.1, 0.15) is 18.1 Å². The molecule has 2 aliphatic rings. The molecular weight excluding hydrogens is 246 g/mol. The number of ether oxygens (including phenoxy) is 2. The van der Waals surface area contributed by atoms with Gasteiger partial charge >= 0.3 is 0 Å². The van der Waals surface area contributed by atoms with Gasteiger partial charge in [-0.2, -0.15) is 11.8 Å². The van der Waals surface area contributed by atoms with E-state index in [-0.39, 0.29) is 6.10 Å². The molecule has 4 heteroatoms. The summed E-state index contributed by atoms with van der Waals surface area (Å²) < 4.78 is 11.8. The molecule has 3 rings (SSSR count). The van der Waals surface area contributed by atoms with Gasteiger partial charge in [-0.05, 0) is 29.9 Å². The molecule has 3 nitrogen and oxygen atoms in total. The molecule has 98 valence electrons. The first kappa shape index (κ1) is 12.3. The van der Waals surface area contributed by atoms with E-state index in [1.165, 1.54) is 11.3 Å². The highest BCUT2D eigenvalue weighted by Crippen LogP contribution is 2.26. The van der Waals surface area contributed by atoms with Crippen molar-refractivity contribution in [1.82, 2.24) is 5.32 Å². The van der Waals surface area contributed by atoms with Crippen LogP contribution in [0.4, 0.5) is 0 Å². The van der Waals surface area contributed by atoms with E-state index in [0.717, 1.165) is 37.6 Å². The van der Waals surface area contributed by atoms with Crippen LogP contribution in [0, 0.1) is 0 Å². The van der Waals surface area contributed by atoms with Crippen LogP contribution in [0.25, 0.3) is 0 Å². The second kappa shape index (κ2) is 5.95. The molecule has 0 bridgehead atoms. The Bertz CT molecular complexity index is 387. The molecule has 2 atom stereocenters. The van der Waals surface area contributed by atoms with E-state index >= 15 is 0 Å². The second-order valence-electron chi connectivity index (χ2n) is 4.74. The lowest BCUT2D eigenvalue weighted by atomic mass is 10.1. The predicted molar refractivity (Wildman–Crippen MR) is 74.4 cm³/mol. The van der Waals surface area contributed by atoms with E-state index in [0.29, 0.717) is 6.10 Å². The Hall–Kier alpha value is -0.710. The SMILES string of the molecule is c1cc(OC2CCSC2)cc(C2CNCCO2)c1. The van der Waals surface area contributed by atoms with Crippen molar-refractivity contribution in [3.05, 3.63) is 29.8 Å². The minimum absolute atomic E-state index is 0.167. The van der Waals surface area contributed by atoms with Crippen molar-refractivity contribution in [2.24, 2.45) is 0 Å². The molecule has 2 saturated heterocycles. The zero-order valence-electron chi connectivity index (χ0n) is 10.4. The molecule has 0 aliphatic carbocycles. The van der Waals surface area contributed by atoms with Crippen LogP contribution in [0.15, 0.2) is 24.3 Å². The minimum atomic E-state index is 0.167. The molecule has 0 aromatic heterocycles. The Kier molecular flexibility index (Phi) is 4.08. The van der Waals surface area contributed by atoms with Crippen molar-refractivity contribution < 1.29 is 9.47 Å². The molecule has 1 aromatic carbocycles. The van der Waals surface area contributed by atoms with Crippen molar-refractivity contribution in [3.8, 4) is 5.75 Å². The lowest BCUT2D eigenvalue weighted by Gasteiger charge is -2.24. The fraction of sp³-hybridized carbons (Fsp3) is 0.571. The fourth-order valence-electron chi connectivity index (χ4n) is 2.37. The van der Waals surface area contributed by atoms with E-state index in [1.807, 2.05) is 17.8 Å².